The van der Waals surface area contributed by atoms with Crippen molar-refractivity contribution in [3.63, 3.8) is 0 Å². The van der Waals surface area contributed by atoms with E-state index in [2.05, 4.69) is 41.9 Å². The first-order valence-electron chi connectivity index (χ1n) is 9.08. The molecule has 0 atom stereocenters. The molecule has 1 fully saturated rings. The molecule has 26 heavy (non-hydrogen) atoms. The standard InChI is InChI=1S/C22H23N3O/c1-16-5-8-21(17(2)14-16)24-10-12-25(13-11-24)22(26)19-6-7-20-18(15-19)4-3-9-23-20/h3-9,14-15H,10-13H2,1-2H3. The molecule has 1 amide bonds. The minimum absolute atomic E-state index is 0.107. The Kier molecular flexibility index (Phi) is 4.33. The number of carbonyl (C=O) groups excluding carboxylic acids is 1. The summed E-state index contributed by atoms with van der Waals surface area (Å²) < 4.78 is 0. The van der Waals surface area contributed by atoms with Crippen molar-refractivity contribution in [1.82, 2.24) is 9.88 Å². The zero-order valence-electron chi connectivity index (χ0n) is 15.3. The van der Waals surface area contributed by atoms with Crippen LogP contribution < -0.4 is 4.90 Å². The fourth-order valence-electron chi connectivity index (χ4n) is 3.70. The van der Waals surface area contributed by atoms with Crippen LogP contribution in [0.25, 0.3) is 10.9 Å². The number of aromatic nitrogens is 1. The van der Waals surface area contributed by atoms with Crippen molar-refractivity contribution < 1.29 is 4.79 Å². The summed E-state index contributed by atoms with van der Waals surface area (Å²) in [6.45, 7) is 7.50. The van der Waals surface area contributed by atoms with Crippen LogP contribution in [0.1, 0.15) is 21.5 Å². The minimum atomic E-state index is 0.107. The molecule has 4 heteroatoms. The van der Waals surface area contributed by atoms with E-state index in [0.717, 1.165) is 42.6 Å². The number of aryl methyl sites for hydroxylation is 2. The second kappa shape index (κ2) is 6.79. The van der Waals surface area contributed by atoms with Gasteiger partial charge >= 0.3 is 0 Å². The smallest absolute Gasteiger partial charge is 0.253 e. The van der Waals surface area contributed by atoms with E-state index in [1.807, 2.05) is 35.2 Å². The molecule has 0 unspecified atom stereocenters. The third kappa shape index (κ3) is 3.15. The first-order valence-corrected chi connectivity index (χ1v) is 9.08. The summed E-state index contributed by atoms with van der Waals surface area (Å²) in [4.78, 5) is 21.5. The van der Waals surface area contributed by atoms with Crippen molar-refractivity contribution >= 4 is 22.5 Å². The van der Waals surface area contributed by atoms with Gasteiger partial charge in [0.05, 0.1) is 5.52 Å². The van der Waals surface area contributed by atoms with Crippen LogP contribution in [0.4, 0.5) is 5.69 Å². The van der Waals surface area contributed by atoms with Crippen LogP contribution in [0.15, 0.2) is 54.7 Å². The van der Waals surface area contributed by atoms with E-state index in [9.17, 15) is 4.79 Å². The Morgan fingerprint density at radius 1 is 0.962 bits per heavy atom. The average Bonchev–Trinajstić information content (AvgIpc) is 2.67. The number of pyridine rings is 1. The molecule has 4 rings (SSSR count). The number of anilines is 1. The Balaban J connectivity index is 1.47. The summed E-state index contributed by atoms with van der Waals surface area (Å²) in [6, 6.07) is 16.2. The maximum atomic E-state index is 12.9. The molecule has 1 saturated heterocycles. The highest BCUT2D eigenvalue weighted by molar-refractivity contribution is 5.98. The highest BCUT2D eigenvalue weighted by Crippen LogP contribution is 2.23. The number of hydrogen-bond acceptors (Lipinski definition) is 3. The van der Waals surface area contributed by atoms with Crippen LogP contribution >= 0.6 is 0 Å². The molecule has 4 nitrogen and oxygen atoms in total. The lowest BCUT2D eigenvalue weighted by Gasteiger charge is -2.37. The number of fused-ring (bicyclic) bond motifs is 1. The van der Waals surface area contributed by atoms with Crippen LogP contribution in [0, 0.1) is 13.8 Å². The van der Waals surface area contributed by atoms with Crippen LogP contribution in [-0.2, 0) is 0 Å². The van der Waals surface area contributed by atoms with Crippen LogP contribution in [0.3, 0.4) is 0 Å². The van der Waals surface area contributed by atoms with Gasteiger partial charge in [-0.3, -0.25) is 9.78 Å². The predicted molar refractivity (Wildman–Crippen MR) is 106 cm³/mol. The van der Waals surface area contributed by atoms with E-state index in [0.29, 0.717) is 0 Å². The van der Waals surface area contributed by atoms with Crippen LogP contribution in [0.2, 0.25) is 0 Å². The highest BCUT2D eigenvalue weighted by Gasteiger charge is 2.23. The highest BCUT2D eigenvalue weighted by atomic mass is 16.2. The molecular formula is C22H23N3O. The van der Waals surface area contributed by atoms with Crippen molar-refractivity contribution in [3.8, 4) is 0 Å². The molecule has 0 radical (unpaired) electrons. The Labute approximate surface area is 154 Å². The third-order valence-corrected chi connectivity index (χ3v) is 5.11. The molecule has 0 spiro atoms. The van der Waals surface area contributed by atoms with Gasteiger partial charge < -0.3 is 9.80 Å². The lowest BCUT2D eigenvalue weighted by molar-refractivity contribution is 0.0747. The number of hydrogen-bond donors (Lipinski definition) is 0. The quantitative estimate of drug-likeness (QED) is 0.708. The lowest BCUT2D eigenvalue weighted by atomic mass is 10.1. The second-order valence-electron chi connectivity index (χ2n) is 6.98. The Morgan fingerprint density at radius 3 is 2.54 bits per heavy atom. The fraction of sp³-hybridized carbons (Fsp3) is 0.273. The Hall–Kier alpha value is -2.88. The molecular weight excluding hydrogens is 322 g/mol. The molecule has 0 saturated carbocycles. The molecule has 2 heterocycles. The van der Waals surface area contributed by atoms with E-state index in [-0.39, 0.29) is 5.91 Å². The molecule has 3 aromatic rings. The van der Waals surface area contributed by atoms with E-state index in [1.165, 1.54) is 16.8 Å². The van der Waals surface area contributed by atoms with Gasteiger partial charge in [-0.05, 0) is 49.7 Å². The van der Waals surface area contributed by atoms with Crippen molar-refractivity contribution in [2.45, 2.75) is 13.8 Å². The molecule has 1 aliphatic heterocycles. The number of nitrogens with zero attached hydrogens (tertiary/aromatic N) is 3. The fourth-order valence-corrected chi connectivity index (χ4v) is 3.70. The van der Waals surface area contributed by atoms with Gasteiger partial charge in [-0.25, -0.2) is 0 Å². The minimum Gasteiger partial charge on any atom is -0.368 e. The van der Waals surface area contributed by atoms with Gasteiger partial charge in [0.2, 0.25) is 0 Å². The van der Waals surface area contributed by atoms with Gasteiger partial charge in [0.1, 0.15) is 0 Å². The summed E-state index contributed by atoms with van der Waals surface area (Å²) in [7, 11) is 0. The Morgan fingerprint density at radius 2 is 1.77 bits per heavy atom. The summed E-state index contributed by atoms with van der Waals surface area (Å²) in [5, 5.41) is 1.01. The van der Waals surface area contributed by atoms with E-state index >= 15 is 0 Å². The van der Waals surface area contributed by atoms with E-state index < -0.39 is 0 Å². The molecule has 1 aromatic heterocycles. The summed E-state index contributed by atoms with van der Waals surface area (Å²) in [5.41, 5.74) is 5.52. The number of carbonyl (C=O) groups is 1. The first kappa shape index (κ1) is 16.6. The van der Waals surface area contributed by atoms with Gasteiger partial charge in [-0.2, -0.15) is 0 Å². The van der Waals surface area contributed by atoms with Crippen molar-refractivity contribution in [1.29, 1.82) is 0 Å². The number of amides is 1. The molecule has 132 valence electrons. The largest absolute Gasteiger partial charge is 0.368 e. The number of piperazine rings is 1. The monoisotopic (exact) mass is 345 g/mol. The summed E-state index contributed by atoms with van der Waals surface area (Å²) >= 11 is 0. The normalized spacial score (nSPS) is 14.7. The topological polar surface area (TPSA) is 36.4 Å². The summed E-state index contributed by atoms with van der Waals surface area (Å²) in [5.74, 6) is 0.107. The SMILES string of the molecule is Cc1ccc(N2CCN(C(=O)c3ccc4ncccc4c3)CC2)c(C)c1. The maximum Gasteiger partial charge on any atom is 0.253 e. The number of rotatable bonds is 2. The maximum absolute atomic E-state index is 12.9. The first-order chi connectivity index (χ1) is 12.6. The molecule has 2 aromatic carbocycles. The van der Waals surface area contributed by atoms with E-state index in [1.54, 1.807) is 6.20 Å². The van der Waals surface area contributed by atoms with Crippen molar-refractivity contribution in [2.75, 3.05) is 31.1 Å². The second-order valence-corrected chi connectivity index (χ2v) is 6.98. The zero-order chi connectivity index (χ0) is 18.1. The van der Waals surface area contributed by atoms with Gasteiger partial charge in [0, 0.05) is 49.0 Å². The van der Waals surface area contributed by atoms with Gasteiger partial charge in [0.25, 0.3) is 5.91 Å². The van der Waals surface area contributed by atoms with Crippen molar-refractivity contribution in [3.05, 3.63) is 71.4 Å². The molecule has 0 bridgehead atoms. The molecule has 1 aliphatic rings. The van der Waals surface area contributed by atoms with Gasteiger partial charge in [0.15, 0.2) is 0 Å². The van der Waals surface area contributed by atoms with Crippen LogP contribution in [0.5, 0.6) is 0 Å². The van der Waals surface area contributed by atoms with Gasteiger partial charge in [-0.1, -0.05) is 23.8 Å². The van der Waals surface area contributed by atoms with Gasteiger partial charge in [-0.15, -0.1) is 0 Å². The lowest BCUT2D eigenvalue weighted by Crippen LogP contribution is -2.49. The van der Waals surface area contributed by atoms with E-state index in [4.69, 9.17) is 0 Å². The van der Waals surface area contributed by atoms with Crippen LogP contribution in [-0.4, -0.2) is 42.0 Å². The average molecular weight is 345 g/mol. The zero-order valence-corrected chi connectivity index (χ0v) is 15.3. The molecule has 0 N–H and O–H groups in total. The molecule has 0 aliphatic carbocycles. The Bertz CT molecular complexity index is 959. The predicted octanol–water partition coefficient (Wildman–Crippen LogP) is 3.81. The van der Waals surface area contributed by atoms with Crippen molar-refractivity contribution in [2.24, 2.45) is 0 Å². The summed E-state index contributed by atoms with van der Waals surface area (Å²) in [6.07, 6.45) is 1.77. The number of benzene rings is 2. The third-order valence-electron chi connectivity index (χ3n) is 5.11.